The van der Waals surface area contributed by atoms with E-state index >= 15 is 0 Å². The van der Waals surface area contributed by atoms with E-state index in [1.54, 1.807) is 39.8 Å². The highest BCUT2D eigenvalue weighted by molar-refractivity contribution is 7.80. The second kappa shape index (κ2) is 16.4. The minimum atomic E-state index is -1.02. The maximum Gasteiger partial charge on any atom is 0.408 e. The van der Waals surface area contributed by atoms with Crippen LogP contribution < -0.4 is 10.6 Å². The third-order valence-electron chi connectivity index (χ3n) is 7.03. The molecule has 3 N–H and O–H groups in total. The van der Waals surface area contributed by atoms with Gasteiger partial charge in [0, 0.05) is 18.0 Å². The Hall–Kier alpha value is -3.20. The largest absolute Gasteiger partial charge is 0.508 e. The van der Waals surface area contributed by atoms with Gasteiger partial charge in [0.2, 0.25) is 5.91 Å². The van der Waals surface area contributed by atoms with Crippen molar-refractivity contribution >= 4 is 36.2 Å². The molecule has 0 aliphatic carbocycles. The molecule has 0 bridgehead atoms. The molecule has 0 saturated heterocycles. The van der Waals surface area contributed by atoms with Gasteiger partial charge in [-0.2, -0.15) is 12.6 Å². The highest BCUT2D eigenvalue weighted by atomic mass is 32.1. The number of phenolic OH excluding ortho intramolecular Hbond substituents is 1. The van der Waals surface area contributed by atoms with Crippen molar-refractivity contribution in [3.8, 4) is 5.75 Å². The van der Waals surface area contributed by atoms with Gasteiger partial charge >= 0.3 is 6.09 Å². The molecule has 2 aromatic rings. The van der Waals surface area contributed by atoms with Crippen molar-refractivity contribution in [1.82, 2.24) is 10.2 Å². The predicted molar refractivity (Wildman–Crippen MR) is 172 cm³/mol. The number of nitrogens with zero attached hydrogens (tertiary/aromatic N) is 1. The first-order valence-corrected chi connectivity index (χ1v) is 15.5. The van der Waals surface area contributed by atoms with Crippen LogP contribution in [0.3, 0.4) is 0 Å². The molecule has 9 heteroatoms. The Bertz CT molecular complexity index is 1190. The van der Waals surface area contributed by atoms with Crippen LogP contribution in [0.4, 0.5) is 10.5 Å². The molecule has 0 aliphatic heterocycles. The number of rotatable bonds is 14. The lowest BCUT2D eigenvalue weighted by Crippen LogP contribution is -2.53. The number of thiol groups is 1. The van der Waals surface area contributed by atoms with E-state index in [0.29, 0.717) is 29.8 Å². The van der Waals surface area contributed by atoms with Crippen molar-refractivity contribution in [2.45, 2.75) is 105 Å². The number of anilines is 1. The van der Waals surface area contributed by atoms with E-state index in [4.69, 9.17) is 4.74 Å². The topological polar surface area (TPSA) is 108 Å². The Kier molecular flexibility index (Phi) is 13.7. The molecule has 0 fully saturated rings. The molecule has 0 radical (unpaired) electrons. The van der Waals surface area contributed by atoms with Crippen molar-refractivity contribution in [3.63, 3.8) is 0 Å². The monoisotopic (exact) mass is 599 g/mol. The summed E-state index contributed by atoms with van der Waals surface area (Å²) >= 11 is 4.38. The standard InChI is InChI=1S/C33H49N3O5S/c1-8-9-10-11-12-13-19-36(31(39)26(21-42)34-32(40)41-33(5,6)7)29(25-17-18-27(37)24(4)20-25)30(38)35-28-22(2)15-14-16-23(28)3/h14-18,20,26,29,37,42H,8-13,19,21H2,1-7H3,(H,34,40)(H,35,38). The van der Waals surface area contributed by atoms with Crippen LogP contribution in [0.15, 0.2) is 36.4 Å². The molecule has 2 rings (SSSR count). The van der Waals surface area contributed by atoms with Crippen LogP contribution in [0, 0.1) is 20.8 Å². The Morgan fingerprint density at radius 2 is 1.57 bits per heavy atom. The SMILES string of the molecule is CCCCCCCCN(C(=O)C(CS)NC(=O)OC(C)(C)C)C(C(=O)Nc1c(C)cccc1C)c1ccc(O)c(C)c1. The second-order valence-electron chi connectivity index (χ2n) is 11.9. The number of carbonyl (C=O) groups excluding carboxylic acids is 3. The van der Waals surface area contributed by atoms with Crippen molar-refractivity contribution < 1.29 is 24.2 Å². The zero-order chi connectivity index (χ0) is 31.4. The fraction of sp³-hybridized carbons (Fsp3) is 0.545. The molecule has 0 saturated carbocycles. The summed E-state index contributed by atoms with van der Waals surface area (Å²) in [5, 5.41) is 16.0. The van der Waals surface area contributed by atoms with E-state index in [9.17, 15) is 19.5 Å². The first-order valence-electron chi connectivity index (χ1n) is 14.9. The molecule has 0 spiro atoms. The normalized spacial score (nSPS) is 12.8. The lowest BCUT2D eigenvalue weighted by atomic mass is 9.99. The predicted octanol–water partition coefficient (Wildman–Crippen LogP) is 7.01. The number of alkyl carbamates (subject to hydrolysis) is 1. The first kappa shape index (κ1) is 35.0. The number of amides is 3. The van der Waals surface area contributed by atoms with Gasteiger partial charge in [-0.15, -0.1) is 0 Å². The Morgan fingerprint density at radius 1 is 0.952 bits per heavy atom. The van der Waals surface area contributed by atoms with Gasteiger partial charge in [-0.3, -0.25) is 9.59 Å². The van der Waals surface area contributed by atoms with Crippen molar-refractivity contribution in [2.75, 3.05) is 17.6 Å². The third-order valence-corrected chi connectivity index (χ3v) is 7.40. The number of hydrogen-bond donors (Lipinski definition) is 4. The molecule has 0 aromatic heterocycles. The molecule has 3 amide bonds. The van der Waals surface area contributed by atoms with E-state index < -0.39 is 29.7 Å². The summed E-state index contributed by atoms with van der Waals surface area (Å²) in [5.41, 5.74) is 2.89. The van der Waals surface area contributed by atoms with Crippen LogP contribution in [-0.4, -0.2) is 51.9 Å². The van der Waals surface area contributed by atoms with Gasteiger partial charge in [-0.25, -0.2) is 4.79 Å². The van der Waals surface area contributed by atoms with E-state index in [2.05, 4.69) is 30.2 Å². The number of aryl methyl sites for hydroxylation is 3. The maximum absolute atomic E-state index is 14.2. The molecule has 232 valence electrons. The zero-order valence-corrected chi connectivity index (χ0v) is 27.1. The quantitative estimate of drug-likeness (QED) is 0.138. The van der Waals surface area contributed by atoms with Crippen LogP contribution in [0.2, 0.25) is 0 Å². The van der Waals surface area contributed by atoms with Gasteiger partial charge in [-0.05, 0) is 82.3 Å². The molecular formula is C33H49N3O5S. The summed E-state index contributed by atoms with van der Waals surface area (Å²) in [7, 11) is 0. The van der Waals surface area contributed by atoms with Crippen LogP contribution in [0.5, 0.6) is 5.75 Å². The molecule has 8 nitrogen and oxygen atoms in total. The van der Waals surface area contributed by atoms with Gasteiger partial charge in [-0.1, -0.05) is 63.3 Å². The summed E-state index contributed by atoms with van der Waals surface area (Å²) < 4.78 is 5.40. The van der Waals surface area contributed by atoms with E-state index in [-0.39, 0.29) is 17.4 Å². The van der Waals surface area contributed by atoms with Crippen LogP contribution >= 0.6 is 12.6 Å². The molecular weight excluding hydrogens is 550 g/mol. The van der Waals surface area contributed by atoms with Gasteiger partial charge in [0.05, 0.1) is 0 Å². The summed E-state index contributed by atoms with van der Waals surface area (Å²) in [6, 6.07) is 8.65. The van der Waals surface area contributed by atoms with Gasteiger partial charge in [0.25, 0.3) is 5.91 Å². The van der Waals surface area contributed by atoms with E-state index in [1.807, 2.05) is 32.0 Å². The van der Waals surface area contributed by atoms with Crippen molar-refractivity contribution in [3.05, 3.63) is 58.7 Å². The summed E-state index contributed by atoms with van der Waals surface area (Å²) in [6.07, 6.45) is 5.27. The fourth-order valence-electron chi connectivity index (χ4n) is 4.79. The summed E-state index contributed by atoms with van der Waals surface area (Å²) in [4.78, 5) is 42.5. The maximum atomic E-state index is 14.2. The average Bonchev–Trinajstić information content (AvgIpc) is 2.91. The minimum Gasteiger partial charge on any atom is -0.508 e. The minimum absolute atomic E-state index is 0.0188. The van der Waals surface area contributed by atoms with Gasteiger partial charge in [0.15, 0.2) is 0 Å². The molecule has 2 atom stereocenters. The van der Waals surface area contributed by atoms with Crippen LogP contribution in [0.25, 0.3) is 0 Å². The number of aromatic hydroxyl groups is 1. The highest BCUT2D eigenvalue weighted by Gasteiger charge is 2.36. The molecule has 2 unspecified atom stereocenters. The molecule has 2 aromatic carbocycles. The number of carbonyl (C=O) groups is 3. The summed E-state index contributed by atoms with van der Waals surface area (Å²) in [6.45, 7) is 13.3. The average molecular weight is 600 g/mol. The third kappa shape index (κ3) is 10.6. The smallest absolute Gasteiger partial charge is 0.408 e. The Labute approximate surface area is 257 Å². The van der Waals surface area contributed by atoms with Crippen LogP contribution in [0.1, 0.15) is 94.5 Å². The fourth-order valence-corrected chi connectivity index (χ4v) is 5.04. The van der Waals surface area contributed by atoms with Gasteiger partial charge < -0.3 is 25.4 Å². The number of nitrogens with one attached hydrogen (secondary N) is 2. The van der Waals surface area contributed by atoms with Crippen LogP contribution in [-0.2, 0) is 14.3 Å². The summed E-state index contributed by atoms with van der Waals surface area (Å²) in [5.74, 6) is -0.699. The van der Waals surface area contributed by atoms with Gasteiger partial charge in [0.1, 0.15) is 23.4 Å². The number of benzene rings is 2. The zero-order valence-electron chi connectivity index (χ0n) is 26.3. The van der Waals surface area contributed by atoms with E-state index in [1.165, 1.54) is 11.0 Å². The second-order valence-corrected chi connectivity index (χ2v) is 12.3. The Morgan fingerprint density at radius 3 is 2.14 bits per heavy atom. The lowest BCUT2D eigenvalue weighted by molar-refractivity contribution is -0.140. The first-order chi connectivity index (χ1) is 19.8. The Balaban J connectivity index is 2.53. The molecule has 0 aliphatic rings. The molecule has 0 heterocycles. The number of ether oxygens (including phenoxy) is 1. The molecule has 42 heavy (non-hydrogen) atoms. The number of unbranched alkanes of at least 4 members (excludes halogenated alkanes) is 5. The van der Waals surface area contributed by atoms with E-state index in [0.717, 1.165) is 43.2 Å². The number of phenols is 1. The number of hydrogen-bond acceptors (Lipinski definition) is 6. The number of para-hydroxylation sites is 1. The van der Waals surface area contributed by atoms with Crippen molar-refractivity contribution in [2.24, 2.45) is 0 Å². The highest BCUT2D eigenvalue weighted by Crippen LogP contribution is 2.30. The lowest BCUT2D eigenvalue weighted by Gasteiger charge is -2.34. The van der Waals surface area contributed by atoms with Crippen molar-refractivity contribution in [1.29, 1.82) is 0 Å².